The van der Waals surface area contributed by atoms with Gasteiger partial charge < -0.3 is 24.6 Å². The topological polar surface area (TPSA) is 110 Å². The fraction of sp³-hybridized carbons (Fsp3) is 0.242. The Hall–Kier alpha value is -5.64. The van der Waals surface area contributed by atoms with Crippen molar-refractivity contribution >= 4 is 23.3 Å². The van der Waals surface area contributed by atoms with Crippen molar-refractivity contribution in [1.82, 2.24) is 20.1 Å². The zero-order chi connectivity index (χ0) is 32.7. The fourth-order valence-electron chi connectivity index (χ4n) is 4.67. The number of ether oxygens (including phenoxy) is 2. The second-order valence-electron chi connectivity index (χ2n) is 10.1. The molecule has 1 fully saturated rings. The predicted octanol–water partition coefficient (Wildman–Crippen LogP) is 4.91. The van der Waals surface area contributed by atoms with E-state index in [1.54, 1.807) is 49.6 Å². The smallest absolute Gasteiger partial charge is 0.416 e. The first kappa shape index (κ1) is 31.8. The van der Waals surface area contributed by atoms with E-state index in [2.05, 4.69) is 32.3 Å². The van der Waals surface area contributed by atoms with Gasteiger partial charge in [-0.2, -0.15) is 13.2 Å². The van der Waals surface area contributed by atoms with Crippen molar-refractivity contribution < 1.29 is 32.2 Å². The summed E-state index contributed by atoms with van der Waals surface area (Å²) in [5, 5.41) is 11.0. The first-order chi connectivity index (χ1) is 22.1. The highest BCUT2D eigenvalue weighted by atomic mass is 19.4. The number of nitrogens with zero attached hydrogens (tertiary/aromatic N) is 5. The van der Waals surface area contributed by atoms with Gasteiger partial charge in [0.05, 0.1) is 25.5 Å². The Morgan fingerprint density at radius 1 is 0.891 bits per heavy atom. The van der Waals surface area contributed by atoms with Crippen molar-refractivity contribution in [3.05, 3.63) is 101 Å². The van der Waals surface area contributed by atoms with Crippen molar-refractivity contribution in [2.75, 3.05) is 50.1 Å². The molecule has 2 amide bonds. The zero-order valence-corrected chi connectivity index (χ0v) is 25.0. The molecule has 2 aromatic carbocycles. The highest BCUT2D eigenvalue weighted by Gasteiger charge is 2.33. The normalized spacial score (nSPS) is 13.0. The van der Waals surface area contributed by atoms with E-state index in [4.69, 9.17) is 9.47 Å². The molecule has 5 rings (SSSR count). The average Bonchev–Trinajstić information content (AvgIpc) is 3.07. The average molecular weight is 631 g/mol. The van der Waals surface area contributed by atoms with Crippen LogP contribution in [-0.2, 0) is 6.18 Å². The first-order valence-corrected chi connectivity index (χ1v) is 14.3. The van der Waals surface area contributed by atoms with E-state index in [0.29, 0.717) is 48.3 Å². The molecule has 0 radical (unpaired) electrons. The highest BCUT2D eigenvalue weighted by molar-refractivity contribution is 6.02. The molecule has 1 N–H and O–H groups in total. The molecule has 2 aromatic heterocycles. The maximum absolute atomic E-state index is 13.8. The molecule has 4 aromatic rings. The third-order valence-electron chi connectivity index (χ3n) is 7.00. The summed E-state index contributed by atoms with van der Waals surface area (Å²) in [5.41, 5.74) is 0.123. The summed E-state index contributed by atoms with van der Waals surface area (Å²) in [7, 11) is 1.55. The molecule has 13 heteroatoms. The van der Waals surface area contributed by atoms with Crippen LogP contribution < -0.4 is 19.7 Å². The van der Waals surface area contributed by atoms with Gasteiger partial charge in [0.2, 0.25) is 0 Å². The number of carbonyl (C=O) groups is 2. The molecular formula is C33H29F3N6O4. The number of hydrogen-bond acceptors (Lipinski definition) is 8. The van der Waals surface area contributed by atoms with E-state index in [1.807, 2.05) is 11.8 Å². The number of piperazine rings is 1. The van der Waals surface area contributed by atoms with Crippen LogP contribution in [0.1, 0.15) is 44.5 Å². The van der Waals surface area contributed by atoms with Crippen LogP contribution in [0.4, 0.5) is 24.7 Å². The minimum atomic E-state index is -4.67. The number of anilines is 2. The Balaban J connectivity index is 1.24. The van der Waals surface area contributed by atoms with Crippen LogP contribution in [0.25, 0.3) is 0 Å². The van der Waals surface area contributed by atoms with Crippen molar-refractivity contribution in [2.45, 2.75) is 13.1 Å². The fourth-order valence-corrected chi connectivity index (χ4v) is 4.67. The molecule has 0 spiro atoms. The molecular weight excluding hydrogens is 601 g/mol. The number of methoxy groups -OCH3 is 1. The van der Waals surface area contributed by atoms with Crippen LogP contribution in [0.15, 0.2) is 73.1 Å². The first-order valence-electron chi connectivity index (χ1n) is 14.3. The van der Waals surface area contributed by atoms with E-state index < -0.39 is 23.6 Å². The summed E-state index contributed by atoms with van der Waals surface area (Å²) < 4.78 is 51.8. The number of rotatable bonds is 7. The van der Waals surface area contributed by atoms with Gasteiger partial charge in [0.15, 0.2) is 11.5 Å². The SMILES string of the molecule is CCOc1cncc(C#Cc2cc(C(=O)N3CCN(c4ccc(C(=O)Nc5ccc(OC)cc5)nn4)CC3)cc(C(F)(F)F)c2)c1. The molecule has 236 valence electrons. The van der Waals surface area contributed by atoms with Gasteiger partial charge in [-0.3, -0.25) is 14.6 Å². The number of carbonyl (C=O) groups excluding carboxylic acids is 2. The molecule has 46 heavy (non-hydrogen) atoms. The lowest BCUT2D eigenvalue weighted by atomic mass is 10.0. The predicted molar refractivity (Wildman–Crippen MR) is 164 cm³/mol. The third kappa shape index (κ3) is 7.89. The molecule has 0 bridgehead atoms. The quantitative estimate of drug-likeness (QED) is 0.287. The summed E-state index contributed by atoms with van der Waals surface area (Å²) in [5.74, 6) is 6.22. The Kier molecular flexibility index (Phi) is 9.66. The Morgan fingerprint density at radius 3 is 2.28 bits per heavy atom. The third-order valence-corrected chi connectivity index (χ3v) is 7.00. The lowest BCUT2D eigenvalue weighted by molar-refractivity contribution is -0.137. The Bertz CT molecular complexity index is 1760. The molecule has 0 atom stereocenters. The van der Waals surface area contributed by atoms with Gasteiger partial charge in [0.1, 0.15) is 11.5 Å². The van der Waals surface area contributed by atoms with Gasteiger partial charge in [0.25, 0.3) is 11.8 Å². The van der Waals surface area contributed by atoms with Crippen molar-refractivity contribution in [2.24, 2.45) is 0 Å². The van der Waals surface area contributed by atoms with E-state index in [1.165, 1.54) is 23.4 Å². The summed E-state index contributed by atoms with van der Waals surface area (Å²) in [6.07, 6.45) is -1.68. The van der Waals surface area contributed by atoms with E-state index >= 15 is 0 Å². The van der Waals surface area contributed by atoms with Gasteiger partial charge in [0, 0.05) is 54.8 Å². The molecule has 0 unspecified atom stereocenters. The molecule has 3 heterocycles. The number of aromatic nitrogens is 3. The van der Waals surface area contributed by atoms with Crippen molar-refractivity contribution in [3.63, 3.8) is 0 Å². The number of benzene rings is 2. The molecule has 10 nitrogen and oxygen atoms in total. The second-order valence-corrected chi connectivity index (χ2v) is 10.1. The van der Waals surface area contributed by atoms with Crippen LogP contribution in [0.3, 0.4) is 0 Å². The minimum absolute atomic E-state index is 0.0463. The summed E-state index contributed by atoms with van der Waals surface area (Å²) in [6.45, 7) is 3.47. The number of nitrogens with one attached hydrogen (secondary N) is 1. The molecule has 0 saturated carbocycles. The molecule has 1 aliphatic rings. The molecule has 0 aliphatic carbocycles. The monoisotopic (exact) mass is 630 g/mol. The van der Waals surface area contributed by atoms with Crippen molar-refractivity contribution in [1.29, 1.82) is 0 Å². The van der Waals surface area contributed by atoms with Gasteiger partial charge in [-0.25, -0.2) is 0 Å². The number of amides is 2. The van der Waals surface area contributed by atoms with Crippen LogP contribution in [-0.4, -0.2) is 71.8 Å². The summed E-state index contributed by atoms with van der Waals surface area (Å²) >= 11 is 0. The molecule has 1 aliphatic heterocycles. The largest absolute Gasteiger partial charge is 0.497 e. The number of hydrogen-bond donors (Lipinski definition) is 1. The van der Waals surface area contributed by atoms with Crippen LogP contribution in [0.2, 0.25) is 0 Å². The standard InChI is InChI=1S/C33H29F3N6O4/c1-3-46-28-18-23(20-37-21-28)5-4-22-16-24(19-25(17-22)33(34,35)36)32(44)42-14-12-41(13-15-42)30-11-10-29(39-40-30)31(43)38-26-6-8-27(45-2)9-7-26/h6-11,16-21H,3,12-15H2,1-2H3,(H,38,43). The Labute approximate surface area is 263 Å². The van der Waals surface area contributed by atoms with E-state index in [9.17, 15) is 22.8 Å². The van der Waals surface area contributed by atoms with Crippen LogP contribution in [0, 0.1) is 11.8 Å². The minimum Gasteiger partial charge on any atom is -0.497 e. The number of alkyl halides is 3. The van der Waals surface area contributed by atoms with Gasteiger partial charge in [-0.1, -0.05) is 11.8 Å². The number of halogens is 3. The maximum Gasteiger partial charge on any atom is 0.416 e. The highest BCUT2D eigenvalue weighted by Crippen LogP contribution is 2.31. The summed E-state index contributed by atoms with van der Waals surface area (Å²) in [6, 6.07) is 14.8. The van der Waals surface area contributed by atoms with Crippen LogP contribution >= 0.6 is 0 Å². The lowest BCUT2D eigenvalue weighted by Crippen LogP contribution is -2.49. The van der Waals surface area contributed by atoms with Gasteiger partial charge >= 0.3 is 6.18 Å². The maximum atomic E-state index is 13.8. The van der Waals surface area contributed by atoms with E-state index in [0.717, 1.165) is 12.1 Å². The Morgan fingerprint density at radius 2 is 1.63 bits per heavy atom. The second kappa shape index (κ2) is 14.0. The van der Waals surface area contributed by atoms with Gasteiger partial charge in [-0.15, -0.1) is 10.2 Å². The van der Waals surface area contributed by atoms with Crippen molar-refractivity contribution in [3.8, 4) is 23.3 Å². The van der Waals surface area contributed by atoms with Crippen LogP contribution in [0.5, 0.6) is 11.5 Å². The van der Waals surface area contributed by atoms with E-state index in [-0.39, 0.29) is 29.9 Å². The lowest BCUT2D eigenvalue weighted by Gasteiger charge is -2.35. The van der Waals surface area contributed by atoms with Gasteiger partial charge in [-0.05, 0) is 67.6 Å². The zero-order valence-electron chi connectivity index (χ0n) is 25.0. The molecule has 1 saturated heterocycles. The summed E-state index contributed by atoms with van der Waals surface area (Å²) in [4.78, 5) is 33.3. The number of pyridine rings is 1.